The molecule has 0 aliphatic heterocycles. The largest absolute Gasteiger partial charge is 0.495 e. The molecule has 0 amide bonds. The van der Waals surface area contributed by atoms with E-state index in [1.807, 2.05) is 0 Å². The monoisotopic (exact) mass is 315 g/mol. The molecule has 0 unspecified atom stereocenters. The molecule has 1 aromatic carbocycles. The second-order valence-corrected chi connectivity index (χ2v) is 6.25. The Kier molecular flexibility index (Phi) is 4.69. The minimum Gasteiger partial charge on any atom is -0.495 e. The van der Waals surface area contributed by atoms with Crippen LogP contribution in [0.25, 0.3) is 0 Å². The third kappa shape index (κ3) is 3.53. The molecule has 7 heteroatoms. The number of rotatable bonds is 6. The molecule has 0 spiro atoms. The van der Waals surface area contributed by atoms with Gasteiger partial charge in [-0.05, 0) is 36.2 Å². The first kappa shape index (κ1) is 14.9. The van der Waals surface area contributed by atoms with Gasteiger partial charge in [-0.1, -0.05) is 11.6 Å². The summed E-state index contributed by atoms with van der Waals surface area (Å²) in [6.45, 7) is 0.261. The van der Waals surface area contributed by atoms with Crippen molar-refractivity contribution in [1.82, 2.24) is 4.72 Å². The van der Waals surface area contributed by atoms with Crippen molar-refractivity contribution in [3.05, 3.63) is 47.4 Å². The average molecular weight is 316 g/mol. The Bertz CT molecular complexity index is 668. The molecule has 108 valence electrons. The van der Waals surface area contributed by atoms with Crippen LogP contribution in [0.15, 0.2) is 46.1 Å². The number of methoxy groups -OCH3 is 1. The summed E-state index contributed by atoms with van der Waals surface area (Å²) in [5, 5.41) is 0.334. The summed E-state index contributed by atoms with van der Waals surface area (Å²) in [6.07, 6.45) is 3.66. The topological polar surface area (TPSA) is 68.5 Å². The van der Waals surface area contributed by atoms with E-state index in [4.69, 9.17) is 20.8 Å². The van der Waals surface area contributed by atoms with Gasteiger partial charge in [-0.15, -0.1) is 0 Å². The Balaban J connectivity index is 2.11. The molecule has 2 rings (SSSR count). The van der Waals surface area contributed by atoms with E-state index in [0.717, 1.165) is 5.56 Å². The Labute approximate surface area is 122 Å². The molecule has 0 aliphatic carbocycles. The molecule has 0 radical (unpaired) electrons. The van der Waals surface area contributed by atoms with Crippen LogP contribution >= 0.6 is 11.6 Å². The van der Waals surface area contributed by atoms with E-state index in [2.05, 4.69) is 4.72 Å². The van der Waals surface area contributed by atoms with Gasteiger partial charge >= 0.3 is 0 Å². The lowest BCUT2D eigenvalue weighted by atomic mass is 10.2. The van der Waals surface area contributed by atoms with Crippen molar-refractivity contribution < 1.29 is 17.6 Å². The Hall–Kier alpha value is -1.50. The summed E-state index contributed by atoms with van der Waals surface area (Å²) in [5.41, 5.74) is 0.922. The number of ether oxygens (including phenoxy) is 1. The molecule has 0 saturated heterocycles. The van der Waals surface area contributed by atoms with Crippen molar-refractivity contribution in [3.8, 4) is 5.75 Å². The predicted molar refractivity (Wildman–Crippen MR) is 75.6 cm³/mol. The molecular formula is C13H14ClNO4S. The van der Waals surface area contributed by atoms with Crippen LogP contribution in [0.4, 0.5) is 0 Å². The first-order valence-electron chi connectivity index (χ1n) is 5.87. The summed E-state index contributed by atoms with van der Waals surface area (Å²) in [4.78, 5) is 0.0275. The summed E-state index contributed by atoms with van der Waals surface area (Å²) < 4.78 is 36.9. The fourth-order valence-electron chi connectivity index (χ4n) is 1.70. The molecule has 0 aliphatic rings. The maximum absolute atomic E-state index is 12.2. The Morgan fingerprint density at radius 2 is 2.15 bits per heavy atom. The molecule has 1 heterocycles. The quantitative estimate of drug-likeness (QED) is 0.889. The van der Waals surface area contributed by atoms with Gasteiger partial charge in [-0.25, -0.2) is 13.1 Å². The third-order valence-corrected chi connectivity index (χ3v) is 4.42. The van der Waals surface area contributed by atoms with E-state index in [1.165, 1.54) is 19.2 Å². The van der Waals surface area contributed by atoms with Gasteiger partial charge < -0.3 is 9.15 Å². The van der Waals surface area contributed by atoms with Gasteiger partial charge in [0, 0.05) is 11.6 Å². The van der Waals surface area contributed by atoms with Crippen molar-refractivity contribution in [3.63, 3.8) is 0 Å². The zero-order valence-electron chi connectivity index (χ0n) is 10.8. The van der Waals surface area contributed by atoms with Crippen LogP contribution in [0.2, 0.25) is 5.02 Å². The maximum atomic E-state index is 12.2. The zero-order chi connectivity index (χ0) is 14.6. The summed E-state index contributed by atoms with van der Waals surface area (Å²) in [7, 11) is -2.26. The van der Waals surface area contributed by atoms with Crippen LogP contribution in [0.3, 0.4) is 0 Å². The number of furan rings is 1. The van der Waals surface area contributed by atoms with Crippen LogP contribution in [-0.2, 0) is 16.4 Å². The van der Waals surface area contributed by atoms with Crippen LogP contribution < -0.4 is 9.46 Å². The van der Waals surface area contributed by atoms with E-state index < -0.39 is 10.0 Å². The van der Waals surface area contributed by atoms with Gasteiger partial charge in [0.15, 0.2) is 0 Å². The van der Waals surface area contributed by atoms with Gasteiger partial charge in [-0.3, -0.25) is 0 Å². The SMILES string of the molecule is COc1ccc(Cl)cc1S(=O)(=O)NCCc1ccoc1. The number of hydrogen-bond donors (Lipinski definition) is 1. The first-order chi connectivity index (χ1) is 9.53. The fraction of sp³-hybridized carbons (Fsp3) is 0.231. The van der Waals surface area contributed by atoms with Crippen LogP contribution in [-0.4, -0.2) is 22.1 Å². The van der Waals surface area contributed by atoms with Gasteiger partial charge in [0.1, 0.15) is 10.6 Å². The lowest BCUT2D eigenvalue weighted by Crippen LogP contribution is -2.26. The van der Waals surface area contributed by atoms with E-state index >= 15 is 0 Å². The Morgan fingerprint density at radius 3 is 2.80 bits per heavy atom. The molecule has 0 fully saturated rings. The second-order valence-electron chi connectivity index (χ2n) is 4.07. The van der Waals surface area contributed by atoms with Crippen molar-refractivity contribution in [2.75, 3.05) is 13.7 Å². The van der Waals surface area contributed by atoms with Crippen LogP contribution in [0, 0.1) is 0 Å². The number of sulfonamides is 1. The van der Waals surface area contributed by atoms with Crippen molar-refractivity contribution in [1.29, 1.82) is 0 Å². The van der Waals surface area contributed by atoms with E-state index in [1.54, 1.807) is 24.7 Å². The zero-order valence-corrected chi connectivity index (χ0v) is 12.4. The van der Waals surface area contributed by atoms with Gasteiger partial charge in [-0.2, -0.15) is 0 Å². The van der Waals surface area contributed by atoms with Gasteiger partial charge in [0.05, 0.1) is 19.6 Å². The average Bonchev–Trinajstić information content (AvgIpc) is 2.91. The highest BCUT2D eigenvalue weighted by molar-refractivity contribution is 7.89. The molecule has 0 atom stereocenters. The summed E-state index contributed by atoms with van der Waals surface area (Å²) in [5.74, 6) is 0.255. The molecule has 5 nitrogen and oxygen atoms in total. The molecule has 0 bridgehead atoms. The second kappa shape index (κ2) is 6.30. The highest BCUT2D eigenvalue weighted by atomic mass is 35.5. The third-order valence-electron chi connectivity index (χ3n) is 2.70. The highest BCUT2D eigenvalue weighted by Gasteiger charge is 2.19. The number of benzene rings is 1. The first-order valence-corrected chi connectivity index (χ1v) is 7.73. The Morgan fingerprint density at radius 1 is 1.35 bits per heavy atom. The fourth-order valence-corrected chi connectivity index (χ4v) is 3.16. The van der Waals surface area contributed by atoms with Crippen LogP contribution in [0.5, 0.6) is 5.75 Å². The van der Waals surface area contributed by atoms with Crippen LogP contribution in [0.1, 0.15) is 5.56 Å². The predicted octanol–water partition coefficient (Wildman–Crippen LogP) is 2.46. The number of nitrogens with one attached hydrogen (secondary N) is 1. The maximum Gasteiger partial charge on any atom is 0.244 e. The van der Waals surface area contributed by atoms with Crippen molar-refractivity contribution in [2.45, 2.75) is 11.3 Å². The summed E-state index contributed by atoms with van der Waals surface area (Å²) in [6, 6.07) is 6.24. The van der Waals surface area contributed by atoms with E-state index in [-0.39, 0.29) is 17.2 Å². The minimum atomic E-state index is -3.67. The van der Waals surface area contributed by atoms with Gasteiger partial charge in [0.25, 0.3) is 0 Å². The van der Waals surface area contributed by atoms with Gasteiger partial charge in [0.2, 0.25) is 10.0 Å². The molecule has 2 aromatic rings. The molecular weight excluding hydrogens is 302 g/mol. The number of hydrogen-bond acceptors (Lipinski definition) is 4. The molecule has 1 N–H and O–H groups in total. The lowest BCUT2D eigenvalue weighted by molar-refractivity contribution is 0.402. The molecule has 0 saturated carbocycles. The summed E-state index contributed by atoms with van der Waals surface area (Å²) >= 11 is 5.83. The van der Waals surface area contributed by atoms with Crippen molar-refractivity contribution >= 4 is 21.6 Å². The van der Waals surface area contributed by atoms with E-state index in [0.29, 0.717) is 11.4 Å². The normalized spacial score (nSPS) is 11.5. The molecule has 20 heavy (non-hydrogen) atoms. The minimum absolute atomic E-state index is 0.0275. The highest BCUT2D eigenvalue weighted by Crippen LogP contribution is 2.26. The lowest BCUT2D eigenvalue weighted by Gasteiger charge is -2.10. The smallest absolute Gasteiger partial charge is 0.244 e. The molecule has 1 aromatic heterocycles. The standard InChI is InChI=1S/C13H14ClNO4S/c1-18-12-3-2-11(14)8-13(12)20(16,17)15-6-4-10-5-7-19-9-10/h2-3,5,7-9,15H,4,6H2,1H3. The number of halogens is 1. The van der Waals surface area contributed by atoms with Crippen molar-refractivity contribution in [2.24, 2.45) is 0 Å². The van der Waals surface area contributed by atoms with E-state index in [9.17, 15) is 8.42 Å².